The highest BCUT2D eigenvalue weighted by atomic mass is 19.4. The Labute approximate surface area is 181 Å². The van der Waals surface area contributed by atoms with E-state index in [0.29, 0.717) is 29.1 Å². The molecule has 3 fully saturated rings. The van der Waals surface area contributed by atoms with Gasteiger partial charge in [-0.05, 0) is 55.6 Å². The number of nitrogens with zero attached hydrogens (tertiary/aromatic N) is 3. The lowest BCUT2D eigenvalue weighted by molar-refractivity contribution is -0.158. The second kappa shape index (κ2) is 7.16. The molecule has 1 unspecified atom stereocenters. The number of hydrogen-bond acceptors (Lipinski definition) is 5. The smallest absolute Gasteiger partial charge is 0.408 e. The van der Waals surface area contributed by atoms with Crippen molar-refractivity contribution in [2.75, 3.05) is 0 Å². The maximum Gasteiger partial charge on any atom is 0.408 e. The maximum atomic E-state index is 13.1. The van der Waals surface area contributed by atoms with Crippen LogP contribution < -0.4 is 11.1 Å². The van der Waals surface area contributed by atoms with E-state index in [1.807, 2.05) is 0 Å². The van der Waals surface area contributed by atoms with Crippen LogP contribution in [0.2, 0.25) is 0 Å². The highest BCUT2D eigenvalue weighted by Crippen LogP contribution is 2.53. The van der Waals surface area contributed by atoms with Crippen molar-refractivity contribution in [3.8, 4) is 0 Å². The Morgan fingerprint density at radius 2 is 1.94 bits per heavy atom. The fourth-order valence-electron chi connectivity index (χ4n) is 5.03. The molecule has 0 spiro atoms. The molecule has 5 rings (SSSR count). The highest BCUT2D eigenvalue weighted by Gasteiger charge is 2.59. The summed E-state index contributed by atoms with van der Waals surface area (Å²) in [5.74, 6) is -1.11. The van der Waals surface area contributed by atoms with Crippen LogP contribution in [0.25, 0.3) is 5.65 Å². The molecule has 2 aromatic rings. The zero-order chi connectivity index (χ0) is 22.8. The quantitative estimate of drug-likeness (QED) is 0.555. The van der Waals surface area contributed by atoms with E-state index >= 15 is 0 Å². The van der Waals surface area contributed by atoms with Gasteiger partial charge in [0.1, 0.15) is 6.04 Å². The summed E-state index contributed by atoms with van der Waals surface area (Å²) >= 11 is 0. The summed E-state index contributed by atoms with van der Waals surface area (Å²) in [6.45, 7) is 0. The molecule has 172 valence electrons. The molecular weight excluding hydrogens is 427 g/mol. The van der Waals surface area contributed by atoms with Crippen LogP contribution in [-0.4, -0.2) is 43.8 Å². The van der Waals surface area contributed by atoms with Crippen LogP contribution >= 0.6 is 0 Å². The van der Waals surface area contributed by atoms with Crippen molar-refractivity contribution < 1.29 is 27.9 Å². The van der Waals surface area contributed by atoms with Crippen LogP contribution in [-0.2, 0) is 16.0 Å². The molecule has 1 saturated heterocycles. The molecule has 8 nitrogen and oxygen atoms in total. The molecule has 1 amide bonds. The van der Waals surface area contributed by atoms with Crippen molar-refractivity contribution in [2.24, 2.45) is 28.9 Å². The van der Waals surface area contributed by atoms with E-state index in [9.17, 15) is 27.9 Å². The number of carbonyl (C=O) groups is 2. The second-order valence-corrected chi connectivity index (χ2v) is 9.41. The first-order valence-electron chi connectivity index (χ1n) is 10.8. The standard InChI is InChI=1S/C21H24F3N5O3/c22-21(23,24)14-8-20(19(31)32,18(30)27-14)7-12-5-6-15-26-13(9-29(15)28-12)17(25)16(10-1-2-10)11-3-4-11/h5-6,9-11,14,16-17H,1-4,7-8,25H2,(H,27,30)(H,31,32)/t14-,17+,20?/m0/s1. The van der Waals surface area contributed by atoms with Gasteiger partial charge < -0.3 is 16.2 Å². The minimum Gasteiger partial charge on any atom is -0.480 e. The predicted molar refractivity (Wildman–Crippen MR) is 105 cm³/mol. The van der Waals surface area contributed by atoms with Gasteiger partial charge in [0, 0.05) is 12.8 Å². The van der Waals surface area contributed by atoms with Crippen LogP contribution in [0.1, 0.15) is 49.5 Å². The van der Waals surface area contributed by atoms with Crippen molar-refractivity contribution in [2.45, 2.75) is 56.8 Å². The fourth-order valence-corrected chi connectivity index (χ4v) is 5.03. The maximum absolute atomic E-state index is 13.1. The Hall–Kier alpha value is -2.69. The van der Waals surface area contributed by atoms with Crippen LogP contribution in [0, 0.1) is 23.2 Å². The first-order chi connectivity index (χ1) is 15.1. The molecule has 11 heteroatoms. The lowest BCUT2D eigenvalue weighted by Crippen LogP contribution is -2.41. The van der Waals surface area contributed by atoms with Crippen molar-refractivity contribution in [1.82, 2.24) is 19.9 Å². The number of carboxylic acid groups (broad SMARTS) is 1. The first-order valence-corrected chi connectivity index (χ1v) is 10.8. The summed E-state index contributed by atoms with van der Waals surface area (Å²) in [6, 6.07) is 0.689. The Morgan fingerprint density at radius 3 is 2.47 bits per heavy atom. The lowest BCUT2D eigenvalue weighted by Gasteiger charge is -2.21. The number of hydrogen-bond donors (Lipinski definition) is 3. The van der Waals surface area contributed by atoms with Crippen molar-refractivity contribution >= 4 is 17.5 Å². The number of imidazole rings is 1. The van der Waals surface area contributed by atoms with Crippen LogP contribution in [0.4, 0.5) is 13.2 Å². The third-order valence-electron chi connectivity index (χ3n) is 7.06. The first kappa shape index (κ1) is 21.2. The molecule has 0 radical (unpaired) electrons. The second-order valence-electron chi connectivity index (χ2n) is 9.41. The summed E-state index contributed by atoms with van der Waals surface area (Å²) in [4.78, 5) is 28.8. The van der Waals surface area contributed by atoms with E-state index in [1.54, 1.807) is 17.6 Å². The van der Waals surface area contributed by atoms with Gasteiger partial charge in [0.15, 0.2) is 11.1 Å². The van der Waals surface area contributed by atoms with Gasteiger partial charge in [0.25, 0.3) is 0 Å². The van der Waals surface area contributed by atoms with Crippen LogP contribution in [0.15, 0.2) is 18.3 Å². The van der Waals surface area contributed by atoms with Crippen LogP contribution in [0.3, 0.4) is 0 Å². The number of fused-ring (bicyclic) bond motifs is 1. The Balaban J connectivity index is 1.41. The summed E-state index contributed by atoms with van der Waals surface area (Å²) in [5.41, 5.74) is 5.72. The third kappa shape index (κ3) is 3.62. The monoisotopic (exact) mass is 451 g/mol. The van der Waals surface area contributed by atoms with Gasteiger partial charge >= 0.3 is 12.1 Å². The molecule has 2 saturated carbocycles. The molecule has 0 bridgehead atoms. The largest absolute Gasteiger partial charge is 0.480 e. The Kier molecular flexibility index (Phi) is 4.74. The number of nitrogens with two attached hydrogens (primary N) is 1. The van der Waals surface area contributed by atoms with Crippen LogP contribution in [0.5, 0.6) is 0 Å². The number of aliphatic carboxylic acids is 1. The summed E-state index contributed by atoms with van der Waals surface area (Å²) in [5, 5.41) is 15.8. The number of carboxylic acids is 1. The Morgan fingerprint density at radius 1 is 1.28 bits per heavy atom. The van der Waals surface area contributed by atoms with E-state index in [2.05, 4.69) is 10.1 Å². The van der Waals surface area contributed by atoms with Crippen molar-refractivity contribution in [1.29, 1.82) is 0 Å². The number of nitrogens with one attached hydrogen (secondary N) is 1. The van der Waals surface area contributed by atoms with E-state index in [-0.39, 0.29) is 11.7 Å². The van der Waals surface area contributed by atoms with Gasteiger partial charge in [0.05, 0.1) is 23.6 Å². The van der Waals surface area contributed by atoms with E-state index in [1.165, 1.54) is 36.3 Å². The lowest BCUT2D eigenvalue weighted by atomic mass is 9.80. The topological polar surface area (TPSA) is 123 Å². The minimum absolute atomic E-state index is 0.191. The van der Waals surface area contributed by atoms with Gasteiger partial charge in [0.2, 0.25) is 5.91 Å². The molecule has 2 aromatic heterocycles. The normalized spacial score (nSPS) is 27.2. The fraction of sp³-hybridized carbons (Fsp3) is 0.619. The zero-order valence-corrected chi connectivity index (χ0v) is 17.2. The van der Waals surface area contributed by atoms with E-state index in [0.717, 1.165) is 0 Å². The summed E-state index contributed by atoms with van der Waals surface area (Å²) in [6.07, 6.45) is 0.372. The number of rotatable bonds is 7. The molecule has 1 aliphatic heterocycles. The van der Waals surface area contributed by atoms with E-state index in [4.69, 9.17) is 5.73 Å². The van der Waals surface area contributed by atoms with Gasteiger partial charge in [-0.2, -0.15) is 18.3 Å². The molecule has 32 heavy (non-hydrogen) atoms. The summed E-state index contributed by atoms with van der Waals surface area (Å²) < 4.78 is 40.8. The SMILES string of the molecule is N[C@H](c1cn2nc(CC3(C(=O)O)C[C@@H](C(F)(F)F)NC3=O)ccc2n1)C(C1CC1)C1CC1. The molecule has 3 aliphatic rings. The molecule has 2 aliphatic carbocycles. The third-order valence-corrected chi connectivity index (χ3v) is 7.06. The minimum atomic E-state index is -4.72. The number of aromatic nitrogens is 3. The molecule has 4 N–H and O–H groups in total. The van der Waals surface area contributed by atoms with Gasteiger partial charge in [-0.25, -0.2) is 9.50 Å². The Bertz CT molecular complexity index is 1070. The molecule has 0 aromatic carbocycles. The average molecular weight is 451 g/mol. The molecule has 3 atom stereocenters. The number of amides is 1. The number of carbonyl (C=O) groups excluding carboxylic acids is 1. The van der Waals surface area contributed by atoms with Gasteiger partial charge in [-0.1, -0.05) is 0 Å². The predicted octanol–water partition coefficient (Wildman–Crippen LogP) is 2.23. The number of halogens is 3. The summed E-state index contributed by atoms with van der Waals surface area (Å²) in [7, 11) is 0. The highest BCUT2D eigenvalue weighted by molar-refractivity contribution is 6.04. The van der Waals surface area contributed by atoms with Gasteiger partial charge in [-0.3, -0.25) is 9.59 Å². The van der Waals surface area contributed by atoms with Gasteiger partial charge in [-0.15, -0.1) is 0 Å². The van der Waals surface area contributed by atoms with Crippen molar-refractivity contribution in [3.63, 3.8) is 0 Å². The molecule has 3 heterocycles. The van der Waals surface area contributed by atoms with Crippen molar-refractivity contribution in [3.05, 3.63) is 29.7 Å². The molecular formula is C21H24F3N5O3. The van der Waals surface area contributed by atoms with E-state index < -0.39 is 42.4 Å². The number of alkyl halides is 3. The zero-order valence-electron chi connectivity index (χ0n) is 17.2. The average Bonchev–Trinajstić information content (AvgIpc) is 3.64.